The molecule has 0 aliphatic rings. The molecule has 0 nitrogen and oxygen atoms in total. The van der Waals surface area contributed by atoms with E-state index in [1.807, 2.05) is 0 Å². The van der Waals surface area contributed by atoms with Crippen molar-refractivity contribution in [1.82, 2.24) is 0 Å². The zero-order valence-corrected chi connectivity index (χ0v) is 16.3. The van der Waals surface area contributed by atoms with Crippen LogP contribution in [0.4, 0.5) is 0 Å². The van der Waals surface area contributed by atoms with Crippen LogP contribution in [0.25, 0.3) is 0 Å². The standard InChI is InChI=1S/Al.In.Mg.Si.Sn.Zn.2H/q;;+2;;;;2*-1. The molecule has 0 aromatic carbocycles. The minimum Gasteiger partial charge on any atom is -1.00 e. The molecule has 0 unspecified atom stereocenters. The molecule has 6 heavy (non-hydrogen) atoms. The first kappa shape index (κ1) is 52.5. The first-order valence-corrected chi connectivity index (χ1v) is 0. The van der Waals surface area contributed by atoms with Gasteiger partial charge in [0.25, 0.3) is 0 Å². The third-order valence-corrected chi connectivity index (χ3v) is 0. The first-order valence-electron chi connectivity index (χ1n) is 0. The van der Waals surface area contributed by atoms with E-state index in [9.17, 15) is 0 Å². The Balaban J connectivity index is 0. The quantitative estimate of drug-likeness (QED) is 0.441. The van der Waals surface area contributed by atoms with Crippen molar-refractivity contribution in [2.45, 2.75) is 0 Å². The molecule has 14 radical (unpaired) electrons. The molecule has 0 atom stereocenters. The minimum atomic E-state index is 0. The summed E-state index contributed by atoms with van der Waals surface area (Å²) in [7, 11) is 0. The van der Waals surface area contributed by atoms with Crippen molar-refractivity contribution in [2.24, 2.45) is 0 Å². The van der Waals surface area contributed by atoms with Crippen LogP contribution < -0.4 is 0 Å². The normalized spacial score (nSPS) is 0. The summed E-state index contributed by atoms with van der Waals surface area (Å²) in [5, 5.41) is 0. The van der Waals surface area contributed by atoms with Gasteiger partial charge >= 0.3 is 23.1 Å². The summed E-state index contributed by atoms with van der Waals surface area (Å²) in [4.78, 5) is 0. The smallest absolute Gasteiger partial charge is 1.00 e. The second kappa shape index (κ2) is 37.0. The summed E-state index contributed by atoms with van der Waals surface area (Å²) in [6.45, 7) is 0. The topological polar surface area (TPSA) is 0 Å². The maximum atomic E-state index is 0. The average molecular weight is 380 g/mol. The molecule has 0 heterocycles. The van der Waals surface area contributed by atoms with Gasteiger partial charge in [-0.3, -0.25) is 0 Å². The minimum absolute atomic E-state index is 0. The molecule has 0 fully saturated rings. The molecule has 0 N–H and O–H groups in total. The van der Waals surface area contributed by atoms with Crippen LogP contribution in [-0.4, -0.2) is 101 Å². The van der Waals surface area contributed by atoms with Gasteiger partial charge in [0.1, 0.15) is 0 Å². The van der Waals surface area contributed by atoms with Gasteiger partial charge < -0.3 is 2.85 Å². The molecule has 20 valence electrons. The van der Waals surface area contributed by atoms with Crippen molar-refractivity contribution < 1.29 is 22.3 Å². The molecular weight excluding hydrogens is 378 g/mol. The third-order valence-electron chi connectivity index (χ3n) is 0. The van der Waals surface area contributed by atoms with Crippen LogP contribution in [0, 0.1) is 0 Å². The van der Waals surface area contributed by atoms with Crippen LogP contribution in [0.1, 0.15) is 2.85 Å². The number of rotatable bonds is 0. The van der Waals surface area contributed by atoms with Crippen LogP contribution >= 0.6 is 0 Å². The van der Waals surface area contributed by atoms with E-state index < -0.39 is 0 Å². The van der Waals surface area contributed by atoms with E-state index in [4.69, 9.17) is 0 Å². The fourth-order valence-corrected chi connectivity index (χ4v) is 0. The largest absolute Gasteiger partial charge is 2.00 e. The van der Waals surface area contributed by atoms with E-state index in [1.54, 1.807) is 0 Å². The van der Waals surface area contributed by atoms with Crippen molar-refractivity contribution in [3.8, 4) is 0 Å². The Morgan fingerprint density at radius 1 is 1.17 bits per heavy atom. The van der Waals surface area contributed by atoms with Gasteiger partial charge in [0.15, 0.2) is 0 Å². The van der Waals surface area contributed by atoms with Crippen LogP contribution in [0.2, 0.25) is 0 Å². The summed E-state index contributed by atoms with van der Waals surface area (Å²) >= 11 is 0. The molecular formula is H2AlInMgSiSnZn. The molecule has 0 saturated heterocycles. The van der Waals surface area contributed by atoms with Crippen molar-refractivity contribution in [1.29, 1.82) is 0 Å². The maximum Gasteiger partial charge on any atom is 2.00 e. The fourth-order valence-electron chi connectivity index (χ4n) is 0. The van der Waals surface area contributed by atoms with E-state index in [0.717, 1.165) is 0 Å². The summed E-state index contributed by atoms with van der Waals surface area (Å²) in [5.41, 5.74) is 0. The van der Waals surface area contributed by atoms with E-state index >= 15 is 0 Å². The Bertz CT molecular complexity index is 22.0. The monoisotopic (exact) mass is 380 g/mol. The predicted molar refractivity (Wildman–Crippen MR) is 31.0 cm³/mol. The van der Waals surface area contributed by atoms with Gasteiger partial charge in [-0.15, -0.1) is 0 Å². The first-order chi connectivity index (χ1) is 0. The van der Waals surface area contributed by atoms with Crippen molar-refractivity contribution >= 4 is 101 Å². The van der Waals surface area contributed by atoms with Gasteiger partial charge in [-0.25, -0.2) is 0 Å². The molecule has 0 spiro atoms. The Morgan fingerprint density at radius 2 is 1.17 bits per heavy atom. The summed E-state index contributed by atoms with van der Waals surface area (Å²) < 4.78 is 0. The maximum absolute atomic E-state index is 0. The molecule has 0 aromatic heterocycles. The molecule has 0 aliphatic heterocycles. The van der Waals surface area contributed by atoms with E-state index in [-0.39, 0.29) is 123 Å². The second-order valence-electron chi connectivity index (χ2n) is 0. The molecule has 0 aliphatic carbocycles. The van der Waals surface area contributed by atoms with Crippen molar-refractivity contribution in [2.75, 3.05) is 0 Å². The van der Waals surface area contributed by atoms with Gasteiger partial charge in [0, 0.05) is 97.6 Å². The molecule has 0 saturated carbocycles. The average Bonchev–Trinajstić information content (AvgIpc) is 0. The van der Waals surface area contributed by atoms with Gasteiger partial charge in [-0.2, -0.15) is 0 Å². The van der Waals surface area contributed by atoms with Gasteiger partial charge in [-0.1, -0.05) is 0 Å². The Hall–Kier alpha value is 3.81. The molecule has 0 rings (SSSR count). The Morgan fingerprint density at radius 3 is 1.17 bits per heavy atom. The van der Waals surface area contributed by atoms with Gasteiger partial charge in [0.2, 0.25) is 0 Å². The fraction of sp³-hybridized carbons (Fsp3) is 0. The van der Waals surface area contributed by atoms with E-state index in [1.165, 1.54) is 0 Å². The van der Waals surface area contributed by atoms with E-state index in [0.29, 0.717) is 0 Å². The van der Waals surface area contributed by atoms with Crippen LogP contribution in [-0.2, 0) is 19.5 Å². The van der Waals surface area contributed by atoms with Crippen molar-refractivity contribution in [3.05, 3.63) is 0 Å². The summed E-state index contributed by atoms with van der Waals surface area (Å²) in [6.07, 6.45) is 0. The third kappa shape index (κ3) is 25.0. The van der Waals surface area contributed by atoms with Gasteiger partial charge in [0.05, 0.1) is 0 Å². The zero-order valence-electron chi connectivity index (χ0n) is 5.57. The molecule has 0 bridgehead atoms. The van der Waals surface area contributed by atoms with Crippen LogP contribution in [0.3, 0.4) is 0 Å². The molecule has 6 heteroatoms. The molecule has 0 aromatic rings. The number of hydrogen-bond acceptors (Lipinski definition) is 0. The summed E-state index contributed by atoms with van der Waals surface area (Å²) in [6, 6.07) is 0. The van der Waals surface area contributed by atoms with Crippen LogP contribution in [0.5, 0.6) is 0 Å². The van der Waals surface area contributed by atoms with Crippen molar-refractivity contribution in [3.63, 3.8) is 0 Å². The predicted octanol–water partition coefficient (Wildman–Crippen LogP) is -1.68. The zero-order chi connectivity index (χ0) is 0. The van der Waals surface area contributed by atoms with Gasteiger partial charge in [-0.05, 0) is 0 Å². The Kier molecular flexibility index (Phi) is 324. The SMILES string of the molecule is [Al].[H-].[H-].[In].[Mg+2].[Si].[Sn].[Zn]. The number of hydrogen-bond donors (Lipinski definition) is 0. The van der Waals surface area contributed by atoms with Crippen LogP contribution in [0.15, 0.2) is 0 Å². The Labute approximate surface area is 121 Å². The second-order valence-corrected chi connectivity index (χ2v) is 0. The van der Waals surface area contributed by atoms with E-state index in [2.05, 4.69) is 0 Å². The summed E-state index contributed by atoms with van der Waals surface area (Å²) in [5.74, 6) is 0. The molecule has 0 amide bonds.